The monoisotopic (exact) mass is 248 g/mol. The van der Waals surface area contributed by atoms with Crippen molar-refractivity contribution in [2.45, 2.75) is 39.8 Å². The molecule has 2 N–H and O–H groups in total. The predicted molar refractivity (Wildman–Crippen MR) is 72.5 cm³/mol. The maximum atomic E-state index is 11.6. The van der Waals surface area contributed by atoms with Gasteiger partial charge in [0.1, 0.15) is 0 Å². The van der Waals surface area contributed by atoms with Crippen molar-refractivity contribution in [1.82, 2.24) is 4.57 Å². The molecule has 0 amide bonds. The lowest BCUT2D eigenvalue weighted by Gasteiger charge is -2.18. The van der Waals surface area contributed by atoms with Gasteiger partial charge in [-0.05, 0) is 30.5 Å². The van der Waals surface area contributed by atoms with E-state index in [1.165, 1.54) is 0 Å². The van der Waals surface area contributed by atoms with E-state index in [2.05, 4.69) is 13.8 Å². The lowest BCUT2D eigenvalue weighted by Crippen LogP contribution is -2.18. The smallest absolute Gasteiger partial charge is 0.408 e. The summed E-state index contributed by atoms with van der Waals surface area (Å²) in [5, 5.41) is 0. The summed E-state index contributed by atoms with van der Waals surface area (Å²) in [6.45, 7) is 6.79. The molecule has 4 nitrogen and oxygen atoms in total. The Balaban J connectivity index is 2.48. The molecule has 0 fully saturated rings. The summed E-state index contributed by atoms with van der Waals surface area (Å²) in [7, 11) is 0. The van der Waals surface area contributed by atoms with E-state index < -0.39 is 0 Å². The molecule has 4 heteroatoms. The lowest BCUT2D eigenvalue weighted by atomic mass is 9.93. The minimum Gasteiger partial charge on any atom is -0.408 e. The van der Waals surface area contributed by atoms with E-state index in [0.717, 1.165) is 17.5 Å². The second-order valence-corrected chi connectivity index (χ2v) is 4.75. The third kappa shape index (κ3) is 2.08. The van der Waals surface area contributed by atoms with Crippen LogP contribution in [0.5, 0.6) is 0 Å². The van der Waals surface area contributed by atoms with E-state index >= 15 is 0 Å². The molecule has 0 aliphatic carbocycles. The Labute approximate surface area is 106 Å². The number of aromatic nitrogens is 1. The van der Waals surface area contributed by atoms with Gasteiger partial charge in [0.15, 0.2) is 5.58 Å². The van der Waals surface area contributed by atoms with Crippen LogP contribution in [0.4, 0.5) is 0 Å². The number of nitrogens with two attached hydrogens (primary N) is 1. The van der Waals surface area contributed by atoms with Crippen molar-refractivity contribution < 1.29 is 4.42 Å². The summed E-state index contributed by atoms with van der Waals surface area (Å²) >= 11 is 0. The molecule has 2 atom stereocenters. The van der Waals surface area contributed by atoms with Crippen molar-refractivity contribution in [1.29, 1.82) is 0 Å². The minimum absolute atomic E-state index is 0.0188. The van der Waals surface area contributed by atoms with Gasteiger partial charge in [-0.2, -0.15) is 0 Å². The summed E-state index contributed by atoms with van der Waals surface area (Å²) in [5.74, 6) is 0.101. The SMILES string of the molecule is CCC(C)C(N)c1ccc2c(c1)oc(=O)n2CC. The molecule has 1 aromatic carbocycles. The molecule has 0 aliphatic rings. The number of benzene rings is 1. The van der Waals surface area contributed by atoms with E-state index in [9.17, 15) is 4.79 Å². The molecule has 18 heavy (non-hydrogen) atoms. The second kappa shape index (κ2) is 4.98. The first-order valence-corrected chi connectivity index (χ1v) is 6.47. The van der Waals surface area contributed by atoms with Crippen molar-refractivity contribution in [3.05, 3.63) is 34.3 Å². The quantitative estimate of drug-likeness (QED) is 0.904. The van der Waals surface area contributed by atoms with Crippen LogP contribution in [0, 0.1) is 5.92 Å². The molecule has 0 saturated carbocycles. The summed E-state index contributed by atoms with van der Waals surface area (Å²) < 4.78 is 6.86. The van der Waals surface area contributed by atoms with Gasteiger partial charge in [-0.25, -0.2) is 4.79 Å². The van der Waals surface area contributed by atoms with Crippen LogP contribution >= 0.6 is 0 Å². The predicted octanol–water partition coefficient (Wildman–Crippen LogP) is 2.66. The topological polar surface area (TPSA) is 61.2 Å². The maximum absolute atomic E-state index is 11.6. The molecule has 2 unspecified atom stereocenters. The molecule has 0 spiro atoms. The highest BCUT2D eigenvalue weighted by molar-refractivity contribution is 5.73. The highest BCUT2D eigenvalue weighted by Crippen LogP contribution is 2.25. The Morgan fingerprint density at radius 1 is 1.39 bits per heavy atom. The molecule has 0 radical (unpaired) electrons. The van der Waals surface area contributed by atoms with Crippen LogP contribution in [0.15, 0.2) is 27.4 Å². The summed E-state index contributed by atoms with van der Waals surface area (Å²) in [6.07, 6.45) is 1.03. The molecule has 0 aliphatic heterocycles. The van der Waals surface area contributed by atoms with Gasteiger partial charge in [-0.15, -0.1) is 0 Å². The van der Waals surface area contributed by atoms with Crippen molar-refractivity contribution >= 4 is 11.1 Å². The molecule has 0 saturated heterocycles. The fraction of sp³-hybridized carbons (Fsp3) is 0.500. The van der Waals surface area contributed by atoms with Crippen molar-refractivity contribution in [3.8, 4) is 0 Å². The highest BCUT2D eigenvalue weighted by Gasteiger charge is 2.15. The van der Waals surface area contributed by atoms with Gasteiger partial charge >= 0.3 is 5.76 Å². The van der Waals surface area contributed by atoms with Gasteiger partial charge in [0, 0.05) is 12.6 Å². The van der Waals surface area contributed by atoms with Crippen molar-refractivity contribution in [2.75, 3.05) is 0 Å². The molecule has 1 aromatic heterocycles. The number of aryl methyl sites for hydroxylation is 1. The van der Waals surface area contributed by atoms with E-state index in [0.29, 0.717) is 18.0 Å². The fourth-order valence-electron chi connectivity index (χ4n) is 2.17. The molecule has 1 heterocycles. The average Bonchev–Trinajstić information content (AvgIpc) is 2.70. The van der Waals surface area contributed by atoms with Gasteiger partial charge in [0.05, 0.1) is 5.52 Å². The Morgan fingerprint density at radius 2 is 2.11 bits per heavy atom. The maximum Gasteiger partial charge on any atom is 0.419 e. The number of nitrogens with zero attached hydrogens (tertiary/aromatic N) is 1. The zero-order chi connectivity index (χ0) is 13.3. The van der Waals surface area contributed by atoms with Crippen LogP contribution in [0.3, 0.4) is 0 Å². The number of hydrogen-bond acceptors (Lipinski definition) is 3. The molecule has 98 valence electrons. The zero-order valence-corrected chi connectivity index (χ0v) is 11.1. The van der Waals surface area contributed by atoms with E-state index in [1.807, 2.05) is 25.1 Å². The van der Waals surface area contributed by atoms with Gasteiger partial charge < -0.3 is 10.2 Å². The van der Waals surface area contributed by atoms with Crippen LogP contribution in [-0.2, 0) is 6.54 Å². The third-order valence-electron chi connectivity index (χ3n) is 3.65. The fourth-order valence-corrected chi connectivity index (χ4v) is 2.17. The first-order valence-electron chi connectivity index (χ1n) is 6.47. The van der Waals surface area contributed by atoms with Crippen LogP contribution < -0.4 is 11.5 Å². The summed E-state index contributed by atoms with van der Waals surface area (Å²) in [4.78, 5) is 11.6. The number of oxazole rings is 1. The Morgan fingerprint density at radius 3 is 2.72 bits per heavy atom. The Bertz CT molecular complexity index is 597. The molecular weight excluding hydrogens is 228 g/mol. The van der Waals surface area contributed by atoms with Gasteiger partial charge in [0.25, 0.3) is 0 Å². The Hall–Kier alpha value is -1.55. The average molecular weight is 248 g/mol. The molecular formula is C14H20N2O2. The first kappa shape index (κ1) is 12.9. The van der Waals surface area contributed by atoms with Crippen molar-refractivity contribution in [3.63, 3.8) is 0 Å². The van der Waals surface area contributed by atoms with Crippen LogP contribution in [0.1, 0.15) is 38.8 Å². The van der Waals surface area contributed by atoms with Crippen LogP contribution in [-0.4, -0.2) is 4.57 Å². The van der Waals surface area contributed by atoms with E-state index in [-0.39, 0.29) is 11.8 Å². The highest BCUT2D eigenvalue weighted by atomic mass is 16.4. The summed E-state index contributed by atoms with van der Waals surface area (Å²) in [6, 6.07) is 5.77. The number of hydrogen-bond donors (Lipinski definition) is 1. The van der Waals surface area contributed by atoms with Gasteiger partial charge in [-0.3, -0.25) is 4.57 Å². The van der Waals surface area contributed by atoms with E-state index in [1.54, 1.807) is 4.57 Å². The summed E-state index contributed by atoms with van der Waals surface area (Å²) in [5.41, 5.74) is 8.67. The van der Waals surface area contributed by atoms with E-state index in [4.69, 9.17) is 10.2 Å². The molecule has 2 rings (SSSR count). The first-order chi connectivity index (χ1) is 8.58. The molecule has 0 bridgehead atoms. The van der Waals surface area contributed by atoms with Crippen LogP contribution in [0.25, 0.3) is 11.1 Å². The van der Waals surface area contributed by atoms with Gasteiger partial charge in [0.2, 0.25) is 0 Å². The molecule has 2 aromatic rings. The van der Waals surface area contributed by atoms with Gasteiger partial charge in [-0.1, -0.05) is 26.3 Å². The zero-order valence-electron chi connectivity index (χ0n) is 11.1. The minimum atomic E-state index is -0.304. The largest absolute Gasteiger partial charge is 0.419 e. The third-order valence-corrected chi connectivity index (χ3v) is 3.65. The number of fused-ring (bicyclic) bond motifs is 1. The van der Waals surface area contributed by atoms with Crippen molar-refractivity contribution in [2.24, 2.45) is 11.7 Å². The Kier molecular flexibility index (Phi) is 3.57. The number of rotatable bonds is 4. The lowest BCUT2D eigenvalue weighted by molar-refractivity contribution is 0.456. The second-order valence-electron chi connectivity index (χ2n) is 4.75. The normalized spacial score (nSPS) is 14.9. The van der Waals surface area contributed by atoms with Crippen LogP contribution in [0.2, 0.25) is 0 Å². The standard InChI is InChI=1S/C14H20N2O2/c1-4-9(3)13(15)10-6-7-11-12(8-10)18-14(17)16(11)5-2/h6-9,13H,4-5,15H2,1-3H3.